The van der Waals surface area contributed by atoms with Crippen molar-refractivity contribution in [2.24, 2.45) is 11.8 Å². The highest BCUT2D eigenvalue weighted by Gasteiger charge is 2.40. The van der Waals surface area contributed by atoms with Crippen molar-refractivity contribution >= 4 is 11.4 Å². The van der Waals surface area contributed by atoms with Gasteiger partial charge in [0.1, 0.15) is 0 Å². The Kier molecular flexibility index (Phi) is 3.92. The molecule has 4 atom stereocenters. The van der Waals surface area contributed by atoms with E-state index in [0.717, 1.165) is 11.8 Å². The van der Waals surface area contributed by atoms with Crippen LogP contribution in [0.15, 0.2) is 48.5 Å². The SMILES string of the molecule is c1ccc2c(c1)CCC(C1CCCC1C1CCc3ccccc3N1)N2. The van der Waals surface area contributed by atoms with Crippen LogP contribution in [0, 0.1) is 11.8 Å². The fourth-order valence-corrected chi connectivity index (χ4v) is 5.58. The summed E-state index contributed by atoms with van der Waals surface area (Å²) in [4.78, 5) is 0. The number of hydrogen-bond donors (Lipinski definition) is 2. The van der Waals surface area contributed by atoms with Crippen LogP contribution in [-0.2, 0) is 12.8 Å². The zero-order valence-electron chi connectivity index (χ0n) is 14.9. The minimum Gasteiger partial charge on any atom is -0.382 e. The summed E-state index contributed by atoms with van der Waals surface area (Å²) in [6.45, 7) is 0. The number of hydrogen-bond acceptors (Lipinski definition) is 2. The first kappa shape index (κ1) is 15.3. The van der Waals surface area contributed by atoms with Gasteiger partial charge < -0.3 is 10.6 Å². The van der Waals surface area contributed by atoms with Gasteiger partial charge in [0, 0.05) is 23.5 Å². The normalized spacial score (nSPS) is 30.7. The van der Waals surface area contributed by atoms with Crippen molar-refractivity contribution in [1.82, 2.24) is 0 Å². The maximum atomic E-state index is 3.90. The Morgan fingerprint density at radius 1 is 0.600 bits per heavy atom. The number of anilines is 2. The third kappa shape index (κ3) is 2.82. The summed E-state index contributed by atoms with van der Waals surface area (Å²) in [5.41, 5.74) is 5.76. The molecule has 2 aromatic carbocycles. The topological polar surface area (TPSA) is 24.1 Å². The fraction of sp³-hybridized carbons (Fsp3) is 0.478. The monoisotopic (exact) mass is 332 g/mol. The molecule has 0 aromatic heterocycles. The van der Waals surface area contributed by atoms with Gasteiger partial charge in [-0.15, -0.1) is 0 Å². The van der Waals surface area contributed by atoms with E-state index >= 15 is 0 Å². The van der Waals surface area contributed by atoms with E-state index in [1.165, 1.54) is 67.4 Å². The molecule has 2 nitrogen and oxygen atoms in total. The molecular weight excluding hydrogens is 304 g/mol. The minimum atomic E-state index is 0.654. The number of benzene rings is 2. The highest BCUT2D eigenvalue weighted by atomic mass is 15.0. The van der Waals surface area contributed by atoms with Gasteiger partial charge in [0.2, 0.25) is 0 Å². The number of nitrogens with one attached hydrogen (secondary N) is 2. The van der Waals surface area contributed by atoms with Gasteiger partial charge in [-0.25, -0.2) is 0 Å². The van der Waals surface area contributed by atoms with Crippen LogP contribution in [0.1, 0.15) is 43.2 Å². The molecule has 0 saturated heterocycles. The van der Waals surface area contributed by atoms with Crippen molar-refractivity contribution in [3.8, 4) is 0 Å². The molecule has 0 spiro atoms. The quantitative estimate of drug-likeness (QED) is 0.784. The number of para-hydroxylation sites is 2. The van der Waals surface area contributed by atoms with E-state index in [9.17, 15) is 0 Å². The second-order valence-electron chi connectivity index (χ2n) is 8.15. The molecule has 5 rings (SSSR count). The van der Waals surface area contributed by atoms with Crippen molar-refractivity contribution in [3.63, 3.8) is 0 Å². The van der Waals surface area contributed by atoms with E-state index < -0.39 is 0 Å². The Balaban J connectivity index is 1.33. The molecule has 2 heterocycles. The fourth-order valence-electron chi connectivity index (χ4n) is 5.58. The van der Waals surface area contributed by atoms with Gasteiger partial charge in [-0.1, -0.05) is 42.8 Å². The van der Waals surface area contributed by atoms with Crippen molar-refractivity contribution < 1.29 is 0 Å². The van der Waals surface area contributed by atoms with E-state index in [0.29, 0.717) is 12.1 Å². The summed E-state index contributed by atoms with van der Waals surface area (Å²) in [7, 11) is 0. The molecule has 2 aromatic rings. The Morgan fingerprint density at radius 3 is 1.60 bits per heavy atom. The largest absolute Gasteiger partial charge is 0.382 e. The van der Waals surface area contributed by atoms with Crippen molar-refractivity contribution in [3.05, 3.63) is 59.7 Å². The van der Waals surface area contributed by atoms with E-state index in [2.05, 4.69) is 59.2 Å². The summed E-state index contributed by atoms with van der Waals surface area (Å²) >= 11 is 0. The predicted octanol–water partition coefficient (Wildman–Crippen LogP) is 5.26. The first-order chi connectivity index (χ1) is 12.4. The van der Waals surface area contributed by atoms with Crippen molar-refractivity contribution in [2.45, 2.75) is 57.0 Å². The van der Waals surface area contributed by atoms with Gasteiger partial charge in [0.25, 0.3) is 0 Å². The maximum absolute atomic E-state index is 3.90. The van der Waals surface area contributed by atoms with Gasteiger partial charge in [-0.2, -0.15) is 0 Å². The van der Waals surface area contributed by atoms with Crippen LogP contribution in [0.5, 0.6) is 0 Å². The van der Waals surface area contributed by atoms with Crippen LogP contribution >= 0.6 is 0 Å². The molecule has 2 N–H and O–H groups in total. The molecule has 4 unspecified atom stereocenters. The highest BCUT2D eigenvalue weighted by Crippen LogP contribution is 2.43. The van der Waals surface area contributed by atoms with Gasteiger partial charge in [-0.05, 0) is 73.6 Å². The number of rotatable bonds is 2. The summed E-state index contributed by atoms with van der Waals surface area (Å²) in [5, 5.41) is 7.80. The molecule has 1 aliphatic carbocycles. The smallest absolute Gasteiger partial charge is 0.0374 e. The number of aryl methyl sites for hydroxylation is 2. The molecule has 0 amide bonds. The number of fused-ring (bicyclic) bond motifs is 2. The van der Waals surface area contributed by atoms with E-state index in [-0.39, 0.29) is 0 Å². The van der Waals surface area contributed by atoms with E-state index in [1.807, 2.05) is 0 Å². The van der Waals surface area contributed by atoms with Crippen LogP contribution in [0.4, 0.5) is 11.4 Å². The zero-order chi connectivity index (χ0) is 16.6. The lowest BCUT2D eigenvalue weighted by molar-refractivity contribution is 0.281. The highest BCUT2D eigenvalue weighted by molar-refractivity contribution is 5.55. The Hall–Kier alpha value is -1.96. The predicted molar refractivity (Wildman–Crippen MR) is 105 cm³/mol. The molecule has 2 aliphatic heterocycles. The first-order valence-corrected chi connectivity index (χ1v) is 10.1. The van der Waals surface area contributed by atoms with Gasteiger partial charge in [0.15, 0.2) is 0 Å². The molecule has 2 heteroatoms. The van der Waals surface area contributed by atoms with Crippen molar-refractivity contribution in [2.75, 3.05) is 10.6 Å². The lowest BCUT2D eigenvalue weighted by Gasteiger charge is -2.39. The van der Waals surface area contributed by atoms with Gasteiger partial charge >= 0.3 is 0 Å². The van der Waals surface area contributed by atoms with Gasteiger partial charge in [0.05, 0.1) is 0 Å². The summed E-state index contributed by atoms with van der Waals surface area (Å²) < 4.78 is 0. The molecular formula is C23H28N2. The third-order valence-electron chi connectivity index (χ3n) is 6.82. The Bertz CT molecular complexity index is 690. The molecule has 1 fully saturated rings. The molecule has 3 aliphatic rings. The average molecular weight is 332 g/mol. The lowest BCUT2D eigenvalue weighted by Crippen LogP contribution is -2.42. The van der Waals surface area contributed by atoms with Crippen LogP contribution in [0.2, 0.25) is 0 Å². The summed E-state index contributed by atoms with van der Waals surface area (Å²) in [5.74, 6) is 1.63. The average Bonchev–Trinajstić information content (AvgIpc) is 3.17. The van der Waals surface area contributed by atoms with Crippen LogP contribution in [0.25, 0.3) is 0 Å². The zero-order valence-corrected chi connectivity index (χ0v) is 14.9. The Morgan fingerprint density at radius 2 is 1.08 bits per heavy atom. The molecule has 1 saturated carbocycles. The van der Waals surface area contributed by atoms with Crippen LogP contribution in [-0.4, -0.2) is 12.1 Å². The standard InChI is InChI=1S/C23H28N2/c1-3-10-20-16(6-1)12-14-22(24-20)18-8-5-9-19(18)23-15-13-17-7-2-4-11-21(17)25-23/h1-4,6-7,10-11,18-19,22-25H,5,8-9,12-15H2. The summed E-state index contributed by atoms with van der Waals surface area (Å²) in [6.07, 6.45) is 9.24. The van der Waals surface area contributed by atoms with Crippen LogP contribution in [0.3, 0.4) is 0 Å². The maximum Gasteiger partial charge on any atom is 0.0374 e. The lowest BCUT2D eigenvalue weighted by atomic mass is 9.77. The van der Waals surface area contributed by atoms with E-state index in [1.54, 1.807) is 0 Å². The van der Waals surface area contributed by atoms with Crippen molar-refractivity contribution in [1.29, 1.82) is 0 Å². The third-order valence-corrected chi connectivity index (χ3v) is 6.82. The molecule has 25 heavy (non-hydrogen) atoms. The van der Waals surface area contributed by atoms with Crippen LogP contribution < -0.4 is 10.6 Å². The minimum absolute atomic E-state index is 0.654. The molecule has 130 valence electrons. The van der Waals surface area contributed by atoms with E-state index in [4.69, 9.17) is 0 Å². The second kappa shape index (κ2) is 6.40. The first-order valence-electron chi connectivity index (χ1n) is 10.1. The molecule has 0 bridgehead atoms. The Labute approximate surface area is 151 Å². The second-order valence-corrected chi connectivity index (χ2v) is 8.15. The molecule has 0 radical (unpaired) electrons. The summed E-state index contributed by atoms with van der Waals surface area (Å²) in [6, 6.07) is 19.1. The van der Waals surface area contributed by atoms with Gasteiger partial charge in [-0.3, -0.25) is 0 Å².